The summed E-state index contributed by atoms with van der Waals surface area (Å²) in [6.07, 6.45) is -0.375. The predicted octanol–water partition coefficient (Wildman–Crippen LogP) is 6.66. The molecule has 7 nitrogen and oxygen atoms in total. The van der Waals surface area contributed by atoms with E-state index < -0.39 is 33.7 Å². The molecule has 0 amide bonds. The van der Waals surface area contributed by atoms with E-state index in [1.54, 1.807) is 42.5 Å². The molecule has 44 heavy (non-hydrogen) atoms. The van der Waals surface area contributed by atoms with Gasteiger partial charge < -0.3 is 15.2 Å². The monoisotopic (exact) mass is 630 g/mol. The molecule has 1 aliphatic carbocycles. The van der Waals surface area contributed by atoms with Gasteiger partial charge in [0.15, 0.2) is 0 Å². The summed E-state index contributed by atoms with van der Waals surface area (Å²) in [6, 6.07) is 18.4. The summed E-state index contributed by atoms with van der Waals surface area (Å²) in [5, 5.41) is 13.6. The minimum Gasteiger partial charge on any atom is -0.493 e. The summed E-state index contributed by atoms with van der Waals surface area (Å²) in [7, 11) is -2.32. The number of carboxylic acids is 1. The lowest BCUT2D eigenvalue weighted by atomic mass is 9.69. The average molecular weight is 631 g/mol. The number of benzene rings is 3. The van der Waals surface area contributed by atoms with Crippen LogP contribution in [0.25, 0.3) is 0 Å². The number of nitrogens with zero attached hydrogens (tertiary/aromatic N) is 1. The first-order chi connectivity index (χ1) is 20.9. The highest BCUT2D eigenvalue weighted by Gasteiger charge is 2.40. The molecule has 1 heterocycles. The Morgan fingerprint density at radius 3 is 2.34 bits per heavy atom. The molecule has 0 radical (unpaired) electrons. The molecule has 1 saturated carbocycles. The van der Waals surface area contributed by atoms with Crippen LogP contribution in [0, 0.1) is 11.8 Å². The molecule has 0 spiro atoms. The van der Waals surface area contributed by atoms with Crippen LogP contribution in [0.4, 0.5) is 18.9 Å². The molecule has 0 bridgehead atoms. The second-order valence-corrected chi connectivity index (χ2v) is 13.6. The minimum atomic E-state index is -4.45. The Morgan fingerprint density at radius 2 is 1.70 bits per heavy atom. The summed E-state index contributed by atoms with van der Waals surface area (Å²) >= 11 is 0. The molecular formula is C33H37F3N2O5S. The zero-order valence-electron chi connectivity index (χ0n) is 24.5. The van der Waals surface area contributed by atoms with Crippen LogP contribution < -0.4 is 14.4 Å². The number of alkyl halides is 3. The number of sulfonamides is 1. The van der Waals surface area contributed by atoms with Crippen molar-refractivity contribution >= 4 is 21.7 Å². The lowest BCUT2D eigenvalue weighted by Gasteiger charge is -2.36. The van der Waals surface area contributed by atoms with E-state index in [1.807, 2.05) is 6.07 Å². The van der Waals surface area contributed by atoms with Crippen molar-refractivity contribution in [1.82, 2.24) is 5.32 Å². The molecule has 0 aromatic heterocycles. The zero-order chi connectivity index (χ0) is 31.5. The third-order valence-electron chi connectivity index (χ3n) is 8.93. The third-order valence-corrected chi connectivity index (χ3v) is 10.7. The fourth-order valence-corrected chi connectivity index (χ4v) is 7.71. The summed E-state index contributed by atoms with van der Waals surface area (Å²) in [6.45, 7) is 1.85. The zero-order valence-corrected chi connectivity index (χ0v) is 25.3. The van der Waals surface area contributed by atoms with Crippen LogP contribution in [0.15, 0.2) is 77.7 Å². The van der Waals surface area contributed by atoms with Crippen LogP contribution in [0.1, 0.15) is 60.6 Å². The lowest BCUT2D eigenvalue weighted by Crippen LogP contribution is -2.36. The fraction of sp³-hybridized carbons (Fsp3) is 0.424. The number of aliphatic carboxylic acids is 1. The number of carbonyl (C=O) groups is 1. The molecule has 1 saturated heterocycles. The largest absolute Gasteiger partial charge is 0.493 e. The Balaban J connectivity index is 1.28. The van der Waals surface area contributed by atoms with Gasteiger partial charge in [-0.3, -0.25) is 9.10 Å². The first-order valence-corrected chi connectivity index (χ1v) is 16.3. The first-order valence-electron chi connectivity index (χ1n) is 14.9. The van der Waals surface area contributed by atoms with Crippen molar-refractivity contribution in [2.24, 2.45) is 11.8 Å². The average Bonchev–Trinajstić information content (AvgIpc) is 3.03. The Hall–Kier alpha value is -3.57. The second-order valence-electron chi connectivity index (χ2n) is 11.7. The van der Waals surface area contributed by atoms with Crippen LogP contribution >= 0.6 is 0 Å². The molecule has 0 unspecified atom stereocenters. The molecular weight excluding hydrogens is 593 g/mol. The number of nitrogens with one attached hydrogen (secondary N) is 1. The topological polar surface area (TPSA) is 95.9 Å². The van der Waals surface area contributed by atoms with Crippen LogP contribution in [0.2, 0.25) is 0 Å². The molecule has 11 heteroatoms. The minimum absolute atomic E-state index is 0.0634. The van der Waals surface area contributed by atoms with Gasteiger partial charge in [0, 0.05) is 19.5 Å². The van der Waals surface area contributed by atoms with Gasteiger partial charge in [-0.2, -0.15) is 13.2 Å². The normalized spacial score (nSPS) is 22.7. The number of hydrogen-bond acceptors (Lipinski definition) is 5. The van der Waals surface area contributed by atoms with Gasteiger partial charge >= 0.3 is 12.1 Å². The van der Waals surface area contributed by atoms with E-state index >= 15 is 0 Å². The number of carboxylic acid groups (broad SMARTS) is 1. The van der Waals surface area contributed by atoms with Crippen molar-refractivity contribution in [3.05, 3.63) is 89.5 Å². The Bertz CT molecular complexity index is 1540. The maximum atomic E-state index is 13.6. The molecule has 4 atom stereocenters. The number of anilines is 1. The van der Waals surface area contributed by atoms with E-state index in [0.29, 0.717) is 18.5 Å². The van der Waals surface area contributed by atoms with Gasteiger partial charge in [-0.1, -0.05) is 30.7 Å². The van der Waals surface area contributed by atoms with E-state index in [1.165, 1.54) is 23.5 Å². The summed E-state index contributed by atoms with van der Waals surface area (Å²) in [5.41, 5.74) is 1.47. The van der Waals surface area contributed by atoms with Crippen molar-refractivity contribution in [3.8, 4) is 5.75 Å². The van der Waals surface area contributed by atoms with Crippen LogP contribution in [0.3, 0.4) is 0 Å². The van der Waals surface area contributed by atoms with Gasteiger partial charge in [0.25, 0.3) is 10.0 Å². The molecule has 2 fully saturated rings. The van der Waals surface area contributed by atoms with Crippen molar-refractivity contribution in [3.63, 3.8) is 0 Å². The third kappa shape index (κ3) is 7.04. The fourth-order valence-electron chi connectivity index (χ4n) is 6.46. The summed E-state index contributed by atoms with van der Waals surface area (Å²) in [4.78, 5) is 12.7. The number of halogens is 3. The number of piperidine rings is 1. The molecule has 1 aliphatic heterocycles. The SMILES string of the molecule is CN(c1ccc([C@H]2CCC[C@@H](COc3ccc(C(F)(F)F)cc3)[C@@H]2C(=O)O)cc1)S(=O)(=O)c1cccc([C@@H]2CCCNC2)c1. The number of ether oxygens (including phenoxy) is 1. The molecule has 236 valence electrons. The smallest absolute Gasteiger partial charge is 0.416 e. The lowest BCUT2D eigenvalue weighted by molar-refractivity contribution is -0.146. The molecule has 5 rings (SSSR count). The van der Waals surface area contributed by atoms with Crippen molar-refractivity contribution in [1.29, 1.82) is 0 Å². The van der Waals surface area contributed by atoms with E-state index in [0.717, 1.165) is 55.6 Å². The summed E-state index contributed by atoms with van der Waals surface area (Å²) in [5.74, 6) is -1.87. The first kappa shape index (κ1) is 31.8. The van der Waals surface area contributed by atoms with Crippen LogP contribution in [-0.4, -0.2) is 46.2 Å². The summed E-state index contributed by atoms with van der Waals surface area (Å²) < 4.78 is 72.8. The van der Waals surface area contributed by atoms with E-state index in [9.17, 15) is 31.5 Å². The van der Waals surface area contributed by atoms with Crippen molar-refractivity contribution in [2.45, 2.75) is 55.0 Å². The van der Waals surface area contributed by atoms with Gasteiger partial charge in [-0.05, 0) is 104 Å². The highest BCUT2D eigenvalue weighted by molar-refractivity contribution is 7.92. The van der Waals surface area contributed by atoms with Gasteiger partial charge in [-0.15, -0.1) is 0 Å². The van der Waals surface area contributed by atoms with Gasteiger partial charge in [0.1, 0.15) is 5.75 Å². The van der Waals surface area contributed by atoms with Gasteiger partial charge in [0.2, 0.25) is 0 Å². The van der Waals surface area contributed by atoms with E-state index in [4.69, 9.17) is 4.74 Å². The van der Waals surface area contributed by atoms with Gasteiger partial charge in [0.05, 0.1) is 28.7 Å². The molecule has 3 aromatic carbocycles. The molecule has 3 aromatic rings. The van der Waals surface area contributed by atoms with E-state index in [2.05, 4.69) is 5.32 Å². The van der Waals surface area contributed by atoms with Crippen LogP contribution in [0.5, 0.6) is 5.75 Å². The van der Waals surface area contributed by atoms with E-state index in [-0.39, 0.29) is 35.0 Å². The molecule has 2 aliphatic rings. The standard InChI is InChI=1S/C33H37F3N2O5S/c1-38(44(41,42)29-8-2-5-23(19-29)24-7-4-18-37-20-24)27-14-10-22(11-15-27)30-9-3-6-25(31(30)32(39)40)21-43-28-16-12-26(13-17-28)33(34,35)36/h2,5,8,10-17,19,24-25,30-31,37H,3-4,6-7,9,18,20-21H2,1H3,(H,39,40)/t24-,25+,30-,31+/m1/s1. The Kier molecular flexibility index (Phi) is 9.55. The second kappa shape index (κ2) is 13.2. The number of hydrogen-bond donors (Lipinski definition) is 2. The quantitative estimate of drug-likeness (QED) is 0.275. The highest BCUT2D eigenvalue weighted by atomic mass is 32.2. The van der Waals surface area contributed by atoms with Crippen LogP contribution in [-0.2, 0) is 21.0 Å². The van der Waals surface area contributed by atoms with Gasteiger partial charge in [-0.25, -0.2) is 8.42 Å². The Labute approximate surface area is 256 Å². The number of rotatable bonds is 9. The Morgan fingerprint density at radius 1 is 0.977 bits per heavy atom. The van der Waals surface area contributed by atoms with Crippen molar-refractivity contribution < 1.29 is 36.2 Å². The maximum Gasteiger partial charge on any atom is 0.416 e. The van der Waals surface area contributed by atoms with Crippen molar-refractivity contribution in [2.75, 3.05) is 31.0 Å². The highest BCUT2D eigenvalue weighted by Crippen LogP contribution is 2.42. The molecule has 2 N–H and O–H groups in total. The predicted molar refractivity (Wildman–Crippen MR) is 161 cm³/mol. The maximum absolute atomic E-state index is 13.6.